The zero-order valence-electron chi connectivity index (χ0n) is 7.88. The Morgan fingerprint density at radius 1 is 1.07 bits per heavy atom. The van der Waals surface area contributed by atoms with Crippen molar-refractivity contribution in [1.82, 2.24) is 4.65 Å². The quantitative estimate of drug-likeness (QED) is 0.383. The van der Waals surface area contributed by atoms with Crippen LogP contribution in [0.4, 0.5) is 5.69 Å². The molecule has 0 bridgehead atoms. The monoisotopic (exact) mass is 207 g/mol. The van der Waals surface area contributed by atoms with Crippen LogP contribution in [0.15, 0.2) is 30.3 Å². The molecule has 5 nitrogen and oxygen atoms in total. The molecule has 0 N–H and O–H groups in total. The Bertz CT molecular complexity index is 385. The van der Waals surface area contributed by atoms with Gasteiger partial charge in [0.25, 0.3) is 0 Å². The average Bonchev–Trinajstić information content (AvgIpc) is 2.27. The summed E-state index contributed by atoms with van der Waals surface area (Å²) in [5.41, 5.74) is 0.135. The molecule has 1 aliphatic rings. The number of para-hydroxylation sites is 1. The molecule has 0 unspecified atom stereocenters. The molecule has 0 aromatic heterocycles. The molecule has 1 saturated heterocycles. The van der Waals surface area contributed by atoms with E-state index < -0.39 is 16.5 Å². The third-order valence-corrected chi connectivity index (χ3v) is 2.27. The van der Waals surface area contributed by atoms with Gasteiger partial charge in [0.2, 0.25) is 0 Å². The van der Waals surface area contributed by atoms with Gasteiger partial charge in [0, 0.05) is 12.1 Å². The number of quaternary nitrogens is 1. The van der Waals surface area contributed by atoms with Gasteiger partial charge in [0.1, 0.15) is 5.69 Å². The Hall–Kier alpha value is -1.56. The molecular formula is C10H9NO4. The van der Waals surface area contributed by atoms with Crippen molar-refractivity contribution in [3.8, 4) is 0 Å². The lowest BCUT2D eigenvalue weighted by Crippen LogP contribution is -2.60. The van der Waals surface area contributed by atoms with Gasteiger partial charge in [-0.1, -0.05) is 18.2 Å². The van der Waals surface area contributed by atoms with E-state index in [2.05, 4.69) is 0 Å². The molecule has 1 fully saturated rings. The number of carbonyl (C=O) groups is 2. The van der Waals surface area contributed by atoms with Crippen molar-refractivity contribution in [1.29, 1.82) is 0 Å². The lowest BCUT2D eigenvalue weighted by molar-refractivity contribution is -0.153. The fourth-order valence-corrected chi connectivity index (χ4v) is 1.47. The van der Waals surface area contributed by atoms with Crippen LogP contribution in [0.5, 0.6) is 0 Å². The van der Waals surface area contributed by atoms with Gasteiger partial charge in [-0.15, -0.1) is 0 Å². The van der Waals surface area contributed by atoms with Crippen LogP contribution in [0.2, 0.25) is 0 Å². The number of carbonyl (C=O) groups excluding carboxylic acids is 2. The first kappa shape index (κ1) is 9.97. The van der Waals surface area contributed by atoms with E-state index in [9.17, 15) is 14.8 Å². The summed E-state index contributed by atoms with van der Waals surface area (Å²) in [6.45, 7) is -0.631. The summed E-state index contributed by atoms with van der Waals surface area (Å²) >= 11 is 0. The van der Waals surface area contributed by atoms with Gasteiger partial charge >= 0.3 is 11.8 Å². The minimum Gasteiger partial charge on any atom is -0.612 e. The number of benzene rings is 1. The number of hydrogen-bond acceptors (Lipinski definition) is 4. The van der Waals surface area contributed by atoms with Crippen molar-refractivity contribution >= 4 is 17.5 Å². The maximum absolute atomic E-state index is 12.1. The molecular weight excluding hydrogens is 198 g/mol. The number of morpholine rings is 1. The van der Waals surface area contributed by atoms with Crippen molar-refractivity contribution in [2.24, 2.45) is 0 Å². The molecule has 2 rings (SSSR count). The molecule has 1 aromatic rings. The highest BCUT2D eigenvalue weighted by Crippen LogP contribution is 2.24. The Morgan fingerprint density at radius 3 is 2.13 bits per heavy atom. The molecule has 1 heterocycles. The minimum atomic E-state index is -1.54. The second-order valence-electron chi connectivity index (χ2n) is 3.23. The molecule has 0 atom stereocenters. The first-order valence-corrected chi connectivity index (χ1v) is 4.46. The second-order valence-corrected chi connectivity index (χ2v) is 3.23. The van der Waals surface area contributed by atoms with E-state index in [1.807, 2.05) is 0 Å². The maximum atomic E-state index is 12.1. The summed E-state index contributed by atoms with van der Waals surface area (Å²) in [5, 5.41) is 12.1. The molecule has 5 heteroatoms. The summed E-state index contributed by atoms with van der Waals surface area (Å²) < 4.78 is 3.16. The molecule has 1 aromatic carbocycles. The van der Waals surface area contributed by atoms with Gasteiger partial charge in [-0.2, -0.15) is 4.65 Å². The van der Waals surface area contributed by atoms with Crippen LogP contribution in [0.1, 0.15) is 0 Å². The van der Waals surface area contributed by atoms with Crippen molar-refractivity contribution in [3.63, 3.8) is 0 Å². The Morgan fingerprint density at radius 2 is 1.60 bits per heavy atom. The lowest BCUT2D eigenvalue weighted by atomic mass is 10.2. The van der Waals surface area contributed by atoms with Crippen molar-refractivity contribution in [2.75, 3.05) is 13.2 Å². The number of amides is 2. The molecule has 0 radical (unpaired) electrons. The Kier molecular flexibility index (Phi) is 2.36. The number of hydrogen-bond donors (Lipinski definition) is 0. The predicted octanol–water partition coefficient (Wildman–Crippen LogP) is 0.575. The second kappa shape index (κ2) is 3.54. The summed E-state index contributed by atoms with van der Waals surface area (Å²) in [5.74, 6) is -1.56. The number of nitrogens with zero attached hydrogens (tertiary/aromatic N) is 1. The van der Waals surface area contributed by atoms with Gasteiger partial charge in [0.05, 0.1) is 0 Å². The number of imide groups is 1. The van der Waals surface area contributed by atoms with E-state index in [0.29, 0.717) is 0 Å². The van der Waals surface area contributed by atoms with E-state index in [0.717, 1.165) is 0 Å². The van der Waals surface area contributed by atoms with E-state index in [4.69, 9.17) is 4.74 Å². The van der Waals surface area contributed by atoms with E-state index in [1.165, 1.54) is 12.1 Å². The van der Waals surface area contributed by atoms with Crippen LogP contribution in [-0.2, 0) is 14.3 Å². The zero-order valence-corrected chi connectivity index (χ0v) is 7.88. The molecule has 2 amide bonds. The summed E-state index contributed by atoms with van der Waals surface area (Å²) in [4.78, 5) is 22.9. The van der Waals surface area contributed by atoms with Crippen LogP contribution < -0.4 is 4.65 Å². The van der Waals surface area contributed by atoms with Crippen LogP contribution in [0.3, 0.4) is 0 Å². The number of hydroxylamine groups is 2. The SMILES string of the molecule is O=C1COCC(=O)[N+]1([O-])c1ccccc1. The summed E-state index contributed by atoms with van der Waals surface area (Å²) in [7, 11) is 0. The highest BCUT2D eigenvalue weighted by atomic mass is 16.6. The third kappa shape index (κ3) is 1.46. The lowest BCUT2D eigenvalue weighted by Gasteiger charge is -2.38. The zero-order chi connectivity index (χ0) is 10.9. The van der Waals surface area contributed by atoms with E-state index in [1.54, 1.807) is 18.2 Å². The molecule has 0 spiro atoms. The van der Waals surface area contributed by atoms with Gasteiger partial charge < -0.3 is 9.94 Å². The van der Waals surface area contributed by atoms with Crippen molar-refractivity contribution < 1.29 is 14.3 Å². The first-order valence-electron chi connectivity index (χ1n) is 4.46. The van der Waals surface area contributed by atoms with E-state index in [-0.39, 0.29) is 18.9 Å². The minimum absolute atomic E-state index is 0.135. The molecule has 1 aliphatic heterocycles. The van der Waals surface area contributed by atoms with Gasteiger partial charge in [-0.3, -0.25) is 0 Å². The van der Waals surface area contributed by atoms with E-state index >= 15 is 0 Å². The molecule has 15 heavy (non-hydrogen) atoms. The van der Waals surface area contributed by atoms with Gasteiger partial charge in [-0.25, -0.2) is 9.59 Å². The smallest absolute Gasteiger partial charge is 0.352 e. The van der Waals surface area contributed by atoms with Crippen LogP contribution in [-0.4, -0.2) is 25.0 Å². The van der Waals surface area contributed by atoms with Crippen molar-refractivity contribution in [2.45, 2.75) is 0 Å². The Balaban J connectivity index is 2.47. The predicted molar refractivity (Wildman–Crippen MR) is 52.4 cm³/mol. The van der Waals surface area contributed by atoms with Crippen LogP contribution in [0, 0.1) is 5.21 Å². The molecule has 0 aliphatic carbocycles. The van der Waals surface area contributed by atoms with Crippen molar-refractivity contribution in [3.05, 3.63) is 35.5 Å². The fourth-order valence-electron chi connectivity index (χ4n) is 1.47. The number of ether oxygens (including phenoxy) is 1. The largest absolute Gasteiger partial charge is 0.612 e. The Labute approximate surface area is 86.0 Å². The van der Waals surface area contributed by atoms with Gasteiger partial charge in [0.15, 0.2) is 13.2 Å². The highest BCUT2D eigenvalue weighted by molar-refractivity contribution is 6.11. The van der Waals surface area contributed by atoms with Crippen LogP contribution >= 0.6 is 0 Å². The maximum Gasteiger partial charge on any atom is 0.352 e. The molecule has 78 valence electrons. The topological polar surface area (TPSA) is 66.4 Å². The average molecular weight is 207 g/mol. The highest BCUT2D eigenvalue weighted by Gasteiger charge is 2.41. The normalized spacial score (nSPS) is 20.3. The molecule has 0 saturated carbocycles. The van der Waals surface area contributed by atoms with Crippen LogP contribution in [0.25, 0.3) is 0 Å². The fraction of sp³-hybridized carbons (Fsp3) is 0.200. The third-order valence-electron chi connectivity index (χ3n) is 2.27. The first-order chi connectivity index (χ1) is 7.15. The van der Waals surface area contributed by atoms with Gasteiger partial charge in [-0.05, 0) is 0 Å². The summed E-state index contributed by atoms with van der Waals surface area (Å²) in [6.07, 6.45) is 0. The standard InChI is InChI=1S/C10H9NO4/c12-9-6-15-7-10(13)11(9,14)8-4-2-1-3-5-8/h1-5H,6-7H2. The summed E-state index contributed by atoms with van der Waals surface area (Å²) in [6, 6.07) is 7.87. The number of rotatable bonds is 1.